The van der Waals surface area contributed by atoms with Crippen LogP contribution in [0.25, 0.3) is 56.3 Å². The Morgan fingerprint density at radius 3 is 1.19 bits per heavy atom. The van der Waals surface area contributed by atoms with Gasteiger partial charge in [0.15, 0.2) is 28.5 Å². The fourth-order valence-electron chi connectivity index (χ4n) is 10.2. The number of pyridine rings is 5. The Morgan fingerprint density at radius 1 is 0.318 bits per heavy atom. The summed E-state index contributed by atoms with van der Waals surface area (Å²) in [7, 11) is 8.56. The summed E-state index contributed by atoms with van der Waals surface area (Å²) >= 11 is 0. The van der Waals surface area contributed by atoms with E-state index in [1.54, 1.807) is 63.8 Å². The molecule has 5 aromatic heterocycles. The molecule has 10 rings (SSSR count). The first-order valence-electron chi connectivity index (χ1n) is 40.7. The fraction of sp³-hybridized carbons (Fsp3) is 0.312. The minimum atomic E-state index is -2.52. The molecule has 1 unspecified atom stereocenters. The molecule has 0 N–H and O–H groups in total. The lowest BCUT2D eigenvalue weighted by molar-refractivity contribution is -0.667. The van der Waals surface area contributed by atoms with Crippen molar-refractivity contribution >= 4 is 0 Å². The van der Waals surface area contributed by atoms with Gasteiger partial charge < -0.3 is 0 Å². The summed E-state index contributed by atoms with van der Waals surface area (Å²) in [5, 5.41) is 0. The third kappa shape index (κ3) is 15.2. The number of rotatable bonds is 6. The lowest BCUT2D eigenvalue weighted by Gasteiger charge is -2.13. The smallest absolute Gasteiger partial charge is 0.199 e. The van der Waals surface area contributed by atoms with E-state index in [4.69, 9.17) is 34.3 Å². The minimum Gasteiger partial charge on any atom is -0.199 e. The maximum atomic E-state index is 8.30. The molecular weight excluding hydrogens is 1030 g/mol. The monoisotopic (exact) mass is 1160 g/mol. The number of nitrogens with zero attached hydrogens (tertiary/aromatic N) is 5. The van der Waals surface area contributed by atoms with Crippen LogP contribution in [0.5, 0.6) is 0 Å². The SMILES string of the molecule is [2H]C([2H])([2H])C([2H])(C)c1ccc(-c2ccccc2C)[n+](C)c1C.[2H]C([2H])([2H])c1c(C)c(C)c(-c2ccccc2C)[n+](C)c1C([2H])([2H])[2H].[2H]C([2H])([2H])c1c(C)cc(-c2ccccc2C)[n+](C)c1C([2H])([2H])[2H].[2H]C([2H])([2H])c1cc(C)cc(-c2ccccc2C)[n+]1C.[2H]C([2H])([2H])c1ccc(-c2ccccc2C)[n+](C)c1C([2H])([2H])[2H]. The highest BCUT2D eigenvalue weighted by Gasteiger charge is 2.24. The number of aromatic nitrogens is 5. The third-order valence-corrected chi connectivity index (χ3v) is 15.8. The van der Waals surface area contributed by atoms with E-state index in [1.807, 2.05) is 195 Å². The summed E-state index contributed by atoms with van der Waals surface area (Å²) < 4.78 is 202. The molecule has 10 aromatic rings. The molecule has 0 aliphatic carbocycles. The van der Waals surface area contributed by atoms with Gasteiger partial charge in [-0.3, -0.25) is 0 Å². The van der Waals surface area contributed by atoms with Gasteiger partial charge in [-0.15, -0.1) is 0 Å². The Kier molecular flexibility index (Phi) is 13.3. The minimum absolute atomic E-state index is 0.0696. The van der Waals surface area contributed by atoms with Gasteiger partial charge in [-0.1, -0.05) is 105 Å². The van der Waals surface area contributed by atoms with Gasteiger partial charge in [0.25, 0.3) is 0 Å². The summed E-state index contributed by atoms with van der Waals surface area (Å²) in [5.41, 5.74) is 18.0. The summed E-state index contributed by atoms with van der Waals surface area (Å²) in [6.45, 7) is 0.923. The molecule has 0 saturated heterocycles. The molecule has 440 valence electrons. The van der Waals surface area contributed by atoms with E-state index < -0.39 is 60.7 Å². The van der Waals surface area contributed by atoms with Gasteiger partial charge in [-0.25, -0.2) is 0 Å². The third-order valence-electron chi connectivity index (χ3n) is 15.8. The quantitative estimate of drug-likeness (QED) is 0.148. The second-order valence-corrected chi connectivity index (χ2v) is 21.8. The van der Waals surface area contributed by atoms with Crippen LogP contribution in [0, 0.1) is 117 Å². The molecule has 5 nitrogen and oxygen atoms in total. The number of hydrogen-bond donors (Lipinski definition) is 0. The van der Waals surface area contributed by atoms with Crippen LogP contribution in [0.1, 0.15) is 155 Å². The van der Waals surface area contributed by atoms with E-state index in [-0.39, 0.29) is 33.8 Å². The van der Waals surface area contributed by atoms with Crippen molar-refractivity contribution in [2.75, 3.05) is 0 Å². The Morgan fingerprint density at radius 2 is 0.741 bits per heavy atom. The maximum Gasteiger partial charge on any atom is 0.215 e. The second kappa shape index (κ2) is 29.1. The van der Waals surface area contributed by atoms with Gasteiger partial charge in [0.1, 0.15) is 35.2 Å². The second-order valence-electron chi connectivity index (χ2n) is 21.8. The van der Waals surface area contributed by atoms with E-state index in [0.717, 1.165) is 89.5 Å². The van der Waals surface area contributed by atoms with Crippen LogP contribution in [0.3, 0.4) is 0 Å². The largest absolute Gasteiger partial charge is 0.215 e. The van der Waals surface area contributed by atoms with E-state index >= 15 is 0 Å². The van der Waals surface area contributed by atoms with Crippen molar-refractivity contribution in [2.24, 2.45) is 35.2 Å². The van der Waals surface area contributed by atoms with Crippen molar-refractivity contribution in [3.63, 3.8) is 0 Å². The fourth-order valence-corrected chi connectivity index (χ4v) is 10.2. The molecule has 0 aliphatic heterocycles. The molecule has 5 aromatic carbocycles. The molecule has 0 spiro atoms. The van der Waals surface area contributed by atoms with E-state index in [1.165, 1.54) is 26.7 Å². The molecule has 1 atom stereocenters. The standard InChI is InChI=1S/2C17H22N.C16H20N.2C15H18N/c1-11-9-7-8-10-16(11)17-14(4)12(2)13(3)15(5)18(17)6;1-12(2)15-10-11-17(18(5)14(15)4)16-9-7-6-8-13(16)3;1-11-8-6-7-9-15(11)16-10-12(2)13(3)14(4)17(16)5;1-11-9-13(3)16(4)15(10-11)14-8-6-5-7-12(14)2;1-11-9-10-15(16(4)13(11)3)14-8-6-5-7-12(14)2/h7-10H,1-6H3;6-12H,1-5H3;6-10H,1-5H3;2*5-10H,1-4H3/q5*+1/i3D3,5D3;1D3,12D;3D3,4D3;3D3;1D3,3D3. The highest BCUT2D eigenvalue weighted by molar-refractivity contribution is 5.67. The number of benzene rings is 5. The predicted molar refractivity (Wildman–Crippen MR) is 360 cm³/mol. The van der Waals surface area contributed by atoms with Crippen LogP contribution in [-0.4, -0.2) is 0 Å². The summed E-state index contributed by atoms with van der Waals surface area (Å²) in [6, 6.07) is 51.3. The van der Waals surface area contributed by atoms with Crippen molar-refractivity contribution in [3.8, 4) is 56.3 Å². The average Bonchev–Trinajstić information content (AvgIpc) is 0.754. The van der Waals surface area contributed by atoms with E-state index in [0.29, 0.717) is 33.8 Å². The highest BCUT2D eigenvalue weighted by atomic mass is 15.0. The topological polar surface area (TPSA) is 19.4 Å². The van der Waals surface area contributed by atoms with Gasteiger partial charge in [0.05, 0.1) is 0 Å². The zero-order valence-electron chi connectivity index (χ0n) is 77.3. The van der Waals surface area contributed by atoms with Crippen LogP contribution < -0.4 is 22.8 Å². The molecule has 5 heteroatoms. The Hall–Kier alpha value is -8.15. The molecule has 0 fully saturated rings. The van der Waals surface area contributed by atoms with Crippen LogP contribution >= 0.6 is 0 Å². The molecule has 0 radical (unpaired) electrons. The Balaban J connectivity index is 0.000000215. The molecule has 85 heavy (non-hydrogen) atoms. The number of aryl methyl sites for hydroxylation is 9. The first-order chi connectivity index (χ1) is 50.2. The molecule has 0 bridgehead atoms. The summed E-state index contributed by atoms with van der Waals surface area (Å²) in [4.78, 5) is 0. The molecule has 0 aliphatic rings. The van der Waals surface area contributed by atoms with Crippen LogP contribution in [0.2, 0.25) is 0 Å². The van der Waals surface area contributed by atoms with Gasteiger partial charge in [0, 0.05) is 155 Å². The van der Waals surface area contributed by atoms with E-state index in [2.05, 4.69) is 13.0 Å². The first-order valence-corrected chi connectivity index (χ1v) is 28.2. The normalized spacial score (nSPS) is 16.9. The van der Waals surface area contributed by atoms with Crippen molar-refractivity contribution in [3.05, 3.63) is 265 Å². The van der Waals surface area contributed by atoms with Crippen LogP contribution in [-0.2, 0) is 35.2 Å². The van der Waals surface area contributed by atoms with Crippen molar-refractivity contribution < 1.29 is 57.1 Å². The van der Waals surface area contributed by atoms with Gasteiger partial charge in [0.2, 0.25) is 28.5 Å². The van der Waals surface area contributed by atoms with Crippen LogP contribution in [0.15, 0.2) is 164 Å². The van der Waals surface area contributed by atoms with Gasteiger partial charge in [-0.2, -0.15) is 22.8 Å². The molecule has 0 amide bonds. The van der Waals surface area contributed by atoms with Crippen molar-refractivity contribution in [2.45, 2.75) is 137 Å². The first kappa shape index (κ1) is 38.7. The summed E-state index contributed by atoms with van der Waals surface area (Å²) in [5.74, 6) is -1.63. The maximum absolute atomic E-state index is 8.30. The molecular formula is C80H100N5+5. The lowest BCUT2D eigenvalue weighted by atomic mass is 9.95. The highest BCUT2D eigenvalue weighted by Crippen LogP contribution is 2.29. The average molecular weight is 1160 g/mol. The molecule has 0 saturated carbocycles. The van der Waals surface area contributed by atoms with Crippen molar-refractivity contribution in [1.29, 1.82) is 0 Å². The van der Waals surface area contributed by atoms with Gasteiger partial charge in [-0.05, 0) is 176 Å². The van der Waals surface area contributed by atoms with Crippen molar-refractivity contribution in [1.82, 2.24) is 0 Å². The van der Waals surface area contributed by atoms with Gasteiger partial charge >= 0.3 is 0 Å². The zero-order chi connectivity index (χ0) is 83.6. The zero-order valence-corrected chi connectivity index (χ0v) is 52.3. The summed E-state index contributed by atoms with van der Waals surface area (Å²) in [6.07, 6.45) is 0. The molecule has 5 heterocycles. The van der Waals surface area contributed by atoms with E-state index in [9.17, 15) is 0 Å². The number of hydrogen-bond acceptors (Lipinski definition) is 0. The van der Waals surface area contributed by atoms with Crippen LogP contribution in [0.4, 0.5) is 0 Å². The lowest BCUT2D eigenvalue weighted by Crippen LogP contribution is -2.37. The predicted octanol–water partition coefficient (Wildman–Crippen LogP) is 17.3. The Bertz CT molecular complexity index is 4990. The Labute approximate surface area is 548 Å².